The van der Waals surface area contributed by atoms with Crippen molar-refractivity contribution < 1.29 is 14.3 Å². The third kappa shape index (κ3) is 1.97. The maximum atomic E-state index is 12.6. The molecule has 0 fully saturated rings. The monoisotopic (exact) mass is 274 g/mol. The molecule has 1 aliphatic heterocycles. The number of hydrogen-bond acceptors (Lipinski definition) is 4. The van der Waals surface area contributed by atoms with E-state index in [-0.39, 0.29) is 11.9 Å². The van der Waals surface area contributed by atoms with Crippen LogP contribution in [0.2, 0.25) is 0 Å². The van der Waals surface area contributed by atoms with E-state index in [4.69, 9.17) is 9.47 Å². The number of rotatable bonds is 4. The molecule has 5 nitrogen and oxygen atoms in total. The maximum absolute atomic E-state index is 12.6. The summed E-state index contributed by atoms with van der Waals surface area (Å²) in [5.74, 6) is 0.930. The Morgan fingerprint density at radius 3 is 2.60 bits per heavy atom. The number of carbonyl (C=O) groups is 1. The van der Waals surface area contributed by atoms with Gasteiger partial charge in [0.15, 0.2) is 0 Å². The van der Waals surface area contributed by atoms with Gasteiger partial charge in [0.2, 0.25) is 0 Å². The van der Waals surface area contributed by atoms with E-state index in [1.807, 2.05) is 13.8 Å². The van der Waals surface area contributed by atoms with Crippen LogP contribution in [0.15, 0.2) is 12.1 Å². The number of nitriles is 1. The zero-order valence-electron chi connectivity index (χ0n) is 12.1. The standard InChI is InChI=1S/C15H18N2O3/c1-5-9(2)17-12(8-16)14-11(15(17)18)6-10(19-3)7-13(14)20-4/h6-7,9,12H,5H2,1-4H3. The van der Waals surface area contributed by atoms with Crippen molar-refractivity contribution in [1.29, 1.82) is 5.26 Å². The van der Waals surface area contributed by atoms with Crippen LogP contribution in [-0.2, 0) is 0 Å². The van der Waals surface area contributed by atoms with E-state index in [9.17, 15) is 10.1 Å². The van der Waals surface area contributed by atoms with Gasteiger partial charge >= 0.3 is 0 Å². The number of ether oxygens (including phenoxy) is 2. The lowest BCUT2D eigenvalue weighted by atomic mass is 10.0. The van der Waals surface area contributed by atoms with Crippen LogP contribution in [0.4, 0.5) is 0 Å². The van der Waals surface area contributed by atoms with Crippen molar-refractivity contribution in [3.05, 3.63) is 23.3 Å². The number of amides is 1. The molecule has 2 rings (SSSR count). The summed E-state index contributed by atoms with van der Waals surface area (Å²) in [5.41, 5.74) is 1.13. The lowest BCUT2D eigenvalue weighted by molar-refractivity contribution is 0.0684. The number of nitrogens with zero attached hydrogens (tertiary/aromatic N) is 2. The van der Waals surface area contributed by atoms with Crippen LogP contribution < -0.4 is 9.47 Å². The number of carbonyl (C=O) groups excluding carboxylic acids is 1. The fraction of sp³-hybridized carbons (Fsp3) is 0.467. The van der Waals surface area contributed by atoms with Crippen molar-refractivity contribution in [2.45, 2.75) is 32.4 Å². The van der Waals surface area contributed by atoms with Crippen LogP contribution in [0.1, 0.15) is 42.2 Å². The van der Waals surface area contributed by atoms with Crippen molar-refractivity contribution in [2.75, 3.05) is 14.2 Å². The van der Waals surface area contributed by atoms with Crippen LogP contribution in [0.3, 0.4) is 0 Å². The molecule has 20 heavy (non-hydrogen) atoms. The summed E-state index contributed by atoms with van der Waals surface area (Å²) in [7, 11) is 3.06. The number of fused-ring (bicyclic) bond motifs is 1. The van der Waals surface area contributed by atoms with E-state index in [2.05, 4.69) is 6.07 Å². The van der Waals surface area contributed by atoms with Gasteiger partial charge in [0.25, 0.3) is 5.91 Å². The number of methoxy groups -OCH3 is 2. The molecular weight excluding hydrogens is 256 g/mol. The van der Waals surface area contributed by atoms with Gasteiger partial charge < -0.3 is 14.4 Å². The van der Waals surface area contributed by atoms with E-state index in [0.29, 0.717) is 22.6 Å². The lowest BCUT2D eigenvalue weighted by Gasteiger charge is -2.26. The molecule has 5 heteroatoms. The van der Waals surface area contributed by atoms with E-state index in [1.165, 1.54) is 14.2 Å². The van der Waals surface area contributed by atoms with Gasteiger partial charge in [0, 0.05) is 17.7 Å². The molecule has 0 saturated carbocycles. The fourth-order valence-electron chi connectivity index (χ4n) is 2.52. The second-order valence-electron chi connectivity index (χ2n) is 4.79. The number of benzene rings is 1. The van der Waals surface area contributed by atoms with Crippen molar-refractivity contribution in [3.8, 4) is 17.6 Å². The van der Waals surface area contributed by atoms with Crippen LogP contribution >= 0.6 is 0 Å². The molecule has 1 aliphatic rings. The Bertz CT molecular complexity index is 577. The largest absolute Gasteiger partial charge is 0.497 e. The molecule has 0 aliphatic carbocycles. The highest BCUT2D eigenvalue weighted by atomic mass is 16.5. The highest BCUT2D eigenvalue weighted by Gasteiger charge is 2.41. The third-order valence-electron chi connectivity index (χ3n) is 3.78. The SMILES string of the molecule is CCC(C)N1C(=O)c2cc(OC)cc(OC)c2C1C#N. The molecule has 0 aromatic heterocycles. The van der Waals surface area contributed by atoms with E-state index < -0.39 is 6.04 Å². The van der Waals surface area contributed by atoms with Crippen molar-refractivity contribution >= 4 is 5.91 Å². The first-order valence-electron chi connectivity index (χ1n) is 6.57. The summed E-state index contributed by atoms with van der Waals surface area (Å²) in [6.45, 7) is 3.94. The zero-order chi connectivity index (χ0) is 14.9. The Hall–Kier alpha value is -2.22. The van der Waals surface area contributed by atoms with Crippen LogP contribution in [0.5, 0.6) is 11.5 Å². The Morgan fingerprint density at radius 1 is 1.40 bits per heavy atom. The second-order valence-corrected chi connectivity index (χ2v) is 4.79. The van der Waals surface area contributed by atoms with Crippen molar-refractivity contribution in [2.24, 2.45) is 0 Å². The Morgan fingerprint density at radius 2 is 2.10 bits per heavy atom. The molecule has 2 unspecified atom stereocenters. The van der Waals surface area contributed by atoms with Gasteiger partial charge in [-0.25, -0.2) is 0 Å². The van der Waals surface area contributed by atoms with E-state index in [0.717, 1.165) is 6.42 Å². The molecule has 106 valence electrons. The van der Waals surface area contributed by atoms with Gasteiger partial charge in [-0.1, -0.05) is 6.92 Å². The highest BCUT2D eigenvalue weighted by Crippen LogP contribution is 2.43. The van der Waals surface area contributed by atoms with E-state index >= 15 is 0 Å². The molecule has 0 bridgehead atoms. The quantitative estimate of drug-likeness (QED) is 0.846. The molecule has 0 radical (unpaired) electrons. The van der Waals surface area contributed by atoms with E-state index in [1.54, 1.807) is 17.0 Å². The van der Waals surface area contributed by atoms with Gasteiger partial charge in [0.05, 0.1) is 25.9 Å². The molecule has 1 amide bonds. The highest BCUT2D eigenvalue weighted by molar-refractivity contribution is 6.01. The minimum Gasteiger partial charge on any atom is -0.497 e. The summed E-state index contributed by atoms with van der Waals surface area (Å²) >= 11 is 0. The number of hydrogen-bond donors (Lipinski definition) is 0. The van der Waals surface area contributed by atoms with Crippen molar-refractivity contribution in [3.63, 3.8) is 0 Å². The topological polar surface area (TPSA) is 62.6 Å². The average molecular weight is 274 g/mol. The maximum Gasteiger partial charge on any atom is 0.256 e. The van der Waals surface area contributed by atoms with Crippen molar-refractivity contribution in [1.82, 2.24) is 4.90 Å². The first-order valence-corrected chi connectivity index (χ1v) is 6.57. The Labute approximate surface area is 118 Å². The molecule has 1 aromatic rings. The molecule has 0 N–H and O–H groups in total. The normalized spacial score (nSPS) is 18.4. The fourth-order valence-corrected chi connectivity index (χ4v) is 2.52. The molecule has 0 spiro atoms. The summed E-state index contributed by atoms with van der Waals surface area (Å²) in [5, 5.41) is 9.46. The molecule has 1 heterocycles. The minimum absolute atomic E-state index is 0.00440. The molecule has 0 saturated heterocycles. The van der Waals surface area contributed by atoms with Gasteiger partial charge in [-0.3, -0.25) is 4.79 Å². The predicted molar refractivity (Wildman–Crippen MR) is 73.8 cm³/mol. The van der Waals surface area contributed by atoms with Gasteiger partial charge in [0.1, 0.15) is 17.5 Å². The minimum atomic E-state index is -0.603. The van der Waals surface area contributed by atoms with Gasteiger partial charge in [-0.05, 0) is 19.4 Å². The zero-order valence-corrected chi connectivity index (χ0v) is 12.1. The first-order chi connectivity index (χ1) is 9.58. The van der Waals surface area contributed by atoms with Gasteiger partial charge in [-0.15, -0.1) is 0 Å². The summed E-state index contributed by atoms with van der Waals surface area (Å²) in [4.78, 5) is 14.2. The summed E-state index contributed by atoms with van der Waals surface area (Å²) in [6.07, 6.45) is 0.789. The summed E-state index contributed by atoms with van der Waals surface area (Å²) < 4.78 is 10.5. The Balaban J connectivity index is 2.62. The predicted octanol–water partition coefficient (Wildman–Crippen LogP) is 2.52. The average Bonchev–Trinajstić information content (AvgIpc) is 2.77. The van der Waals surface area contributed by atoms with Crippen LogP contribution in [0.25, 0.3) is 0 Å². The first kappa shape index (κ1) is 14.2. The second kappa shape index (κ2) is 5.41. The van der Waals surface area contributed by atoms with Gasteiger partial charge in [-0.2, -0.15) is 5.26 Å². The Kier molecular flexibility index (Phi) is 3.84. The van der Waals surface area contributed by atoms with Crippen LogP contribution in [0, 0.1) is 11.3 Å². The summed E-state index contributed by atoms with van der Waals surface area (Å²) in [6, 6.07) is 4.98. The lowest BCUT2D eigenvalue weighted by Crippen LogP contribution is -2.35. The molecule has 1 aromatic carbocycles. The van der Waals surface area contributed by atoms with Crippen LogP contribution in [-0.4, -0.2) is 31.1 Å². The smallest absolute Gasteiger partial charge is 0.256 e. The molecular formula is C15H18N2O3. The third-order valence-corrected chi connectivity index (χ3v) is 3.78. The molecule has 2 atom stereocenters.